The lowest BCUT2D eigenvalue weighted by molar-refractivity contribution is 0.0717. The Morgan fingerprint density at radius 2 is 1.94 bits per heavy atom. The summed E-state index contributed by atoms with van der Waals surface area (Å²) < 4.78 is 16.0. The summed E-state index contributed by atoms with van der Waals surface area (Å²) in [6.45, 7) is 4.31. The second-order valence-corrected chi connectivity index (χ2v) is 7.34. The summed E-state index contributed by atoms with van der Waals surface area (Å²) in [4.78, 5) is 25.6. The Hall–Kier alpha value is -3.88. The zero-order valence-electron chi connectivity index (χ0n) is 17.2. The van der Waals surface area contributed by atoms with Gasteiger partial charge in [-0.25, -0.2) is 4.98 Å². The Bertz CT molecular complexity index is 1220. The number of carbonyl (C=O) groups is 1. The number of furan rings is 1. The molecule has 0 radical (unpaired) electrons. The molecule has 5 rings (SSSR count). The molecule has 0 unspecified atom stereocenters. The van der Waals surface area contributed by atoms with Crippen LogP contribution in [0.1, 0.15) is 16.4 Å². The molecule has 4 heterocycles. The van der Waals surface area contributed by atoms with Crippen LogP contribution in [0.3, 0.4) is 0 Å². The van der Waals surface area contributed by atoms with Crippen LogP contribution in [0.25, 0.3) is 22.4 Å². The maximum Gasteiger partial charge on any atom is 0.289 e. The van der Waals surface area contributed by atoms with Crippen LogP contribution in [-0.4, -0.2) is 59.2 Å². The average Bonchev–Trinajstić information content (AvgIpc) is 3.44. The van der Waals surface area contributed by atoms with Gasteiger partial charge in [-0.3, -0.25) is 4.79 Å². The Kier molecular flexibility index (Phi) is 4.78. The fourth-order valence-electron chi connectivity index (χ4n) is 3.67. The summed E-state index contributed by atoms with van der Waals surface area (Å²) in [5.74, 6) is 2.86. The molecule has 1 saturated heterocycles. The van der Waals surface area contributed by atoms with Gasteiger partial charge in [-0.15, -0.1) is 0 Å². The largest absolute Gasteiger partial charge is 0.497 e. The summed E-state index contributed by atoms with van der Waals surface area (Å²) in [5.41, 5.74) is 1.47. The minimum Gasteiger partial charge on any atom is -0.497 e. The first-order valence-electron chi connectivity index (χ1n) is 9.99. The van der Waals surface area contributed by atoms with Crippen molar-refractivity contribution in [1.82, 2.24) is 20.0 Å². The van der Waals surface area contributed by atoms with Gasteiger partial charge in [-0.05, 0) is 36.4 Å². The number of pyridine rings is 1. The van der Waals surface area contributed by atoms with E-state index >= 15 is 0 Å². The summed E-state index contributed by atoms with van der Waals surface area (Å²) in [6, 6.07) is 11.1. The highest BCUT2D eigenvalue weighted by molar-refractivity contribution is 5.96. The number of aryl methyl sites for hydroxylation is 1. The molecule has 0 bridgehead atoms. The predicted octanol–water partition coefficient (Wildman–Crippen LogP) is 3.16. The average molecular weight is 419 g/mol. The lowest BCUT2D eigenvalue weighted by Gasteiger charge is -2.35. The number of methoxy groups -OCH3 is 1. The predicted molar refractivity (Wildman–Crippen MR) is 113 cm³/mol. The standard InChI is InChI=1S/C22H21N5O4/c1-14-24-21(25-31-14)15-3-6-20(23-13-15)26-7-9-27(10-8-26)22(28)19-12-16-11-17(29-2)4-5-18(16)30-19/h3-6,11-13H,7-10H2,1-2H3. The zero-order valence-corrected chi connectivity index (χ0v) is 17.2. The van der Waals surface area contributed by atoms with Crippen molar-refractivity contribution in [2.45, 2.75) is 6.92 Å². The summed E-state index contributed by atoms with van der Waals surface area (Å²) in [6.07, 6.45) is 1.74. The highest BCUT2D eigenvalue weighted by atomic mass is 16.5. The van der Waals surface area contributed by atoms with Crippen molar-refractivity contribution in [3.8, 4) is 17.1 Å². The van der Waals surface area contributed by atoms with Crippen LogP contribution in [0.2, 0.25) is 0 Å². The second kappa shape index (κ2) is 7.75. The SMILES string of the molecule is COc1ccc2oc(C(=O)N3CCN(c4ccc(-c5noc(C)n5)cn4)CC3)cc2c1. The first-order chi connectivity index (χ1) is 15.1. The van der Waals surface area contributed by atoms with Crippen LogP contribution in [-0.2, 0) is 0 Å². The number of benzene rings is 1. The highest BCUT2D eigenvalue weighted by Crippen LogP contribution is 2.26. The molecule has 158 valence electrons. The molecule has 1 aromatic carbocycles. The Labute approximate surface area is 178 Å². The van der Waals surface area contributed by atoms with Gasteiger partial charge in [0.15, 0.2) is 5.76 Å². The minimum atomic E-state index is -0.106. The van der Waals surface area contributed by atoms with Gasteiger partial charge in [-0.2, -0.15) is 4.98 Å². The number of ether oxygens (including phenoxy) is 1. The van der Waals surface area contributed by atoms with Crippen LogP contribution >= 0.6 is 0 Å². The van der Waals surface area contributed by atoms with Crippen LogP contribution in [0.5, 0.6) is 5.75 Å². The molecule has 3 aromatic heterocycles. The van der Waals surface area contributed by atoms with Crippen molar-refractivity contribution in [3.05, 3.63) is 54.2 Å². The first kappa shape index (κ1) is 19.1. The molecule has 0 spiro atoms. The van der Waals surface area contributed by atoms with Gasteiger partial charge < -0.3 is 23.5 Å². The quantitative estimate of drug-likeness (QED) is 0.498. The number of aromatic nitrogens is 3. The number of amides is 1. The molecule has 0 N–H and O–H groups in total. The molecule has 0 aliphatic carbocycles. The molecular weight excluding hydrogens is 398 g/mol. The maximum absolute atomic E-state index is 12.9. The number of hydrogen-bond acceptors (Lipinski definition) is 8. The van der Waals surface area contributed by atoms with Gasteiger partial charge in [0.2, 0.25) is 11.7 Å². The fraction of sp³-hybridized carbons (Fsp3) is 0.273. The molecule has 1 amide bonds. The maximum atomic E-state index is 12.9. The molecule has 1 fully saturated rings. The second-order valence-electron chi connectivity index (χ2n) is 7.34. The zero-order chi connectivity index (χ0) is 21.4. The van der Waals surface area contributed by atoms with E-state index in [0.29, 0.717) is 49.2 Å². The van der Waals surface area contributed by atoms with Gasteiger partial charge >= 0.3 is 0 Å². The van der Waals surface area contributed by atoms with Crippen molar-refractivity contribution in [2.24, 2.45) is 0 Å². The number of piperazine rings is 1. The van der Waals surface area contributed by atoms with E-state index in [2.05, 4.69) is 20.0 Å². The van der Waals surface area contributed by atoms with E-state index in [1.165, 1.54) is 0 Å². The first-order valence-corrected chi connectivity index (χ1v) is 9.99. The van der Waals surface area contributed by atoms with Crippen molar-refractivity contribution >= 4 is 22.7 Å². The molecule has 1 aliphatic rings. The summed E-state index contributed by atoms with van der Waals surface area (Å²) >= 11 is 0. The van der Waals surface area contributed by atoms with E-state index in [-0.39, 0.29) is 5.91 Å². The molecule has 0 atom stereocenters. The number of nitrogens with zero attached hydrogens (tertiary/aromatic N) is 5. The lowest BCUT2D eigenvalue weighted by atomic mass is 10.2. The number of hydrogen-bond donors (Lipinski definition) is 0. The minimum absolute atomic E-state index is 0.106. The Morgan fingerprint density at radius 1 is 1.10 bits per heavy atom. The molecule has 1 aliphatic heterocycles. The van der Waals surface area contributed by atoms with Gasteiger partial charge in [-0.1, -0.05) is 5.16 Å². The molecule has 9 heteroatoms. The monoisotopic (exact) mass is 419 g/mol. The fourth-order valence-corrected chi connectivity index (χ4v) is 3.67. The van der Waals surface area contributed by atoms with Crippen LogP contribution in [0, 0.1) is 6.92 Å². The van der Waals surface area contributed by atoms with Crippen LogP contribution in [0.15, 0.2) is 51.5 Å². The van der Waals surface area contributed by atoms with Gasteiger partial charge in [0.25, 0.3) is 5.91 Å². The molecule has 9 nitrogen and oxygen atoms in total. The van der Waals surface area contributed by atoms with E-state index in [4.69, 9.17) is 13.7 Å². The van der Waals surface area contributed by atoms with E-state index < -0.39 is 0 Å². The highest BCUT2D eigenvalue weighted by Gasteiger charge is 2.25. The van der Waals surface area contributed by atoms with Crippen molar-refractivity contribution in [3.63, 3.8) is 0 Å². The third-order valence-corrected chi connectivity index (χ3v) is 5.36. The topological polar surface area (TPSA) is 97.7 Å². The summed E-state index contributed by atoms with van der Waals surface area (Å²) in [5, 5.41) is 4.76. The van der Waals surface area contributed by atoms with E-state index in [1.54, 1.807) is 26.3 Å². The molecule has 31 heavy (non-hydrogen) atoms. The number of fused-ring (bicyclic) bond motifs is 1. The van der Waals surface area contributed by atoms with Crippen molar-refractivity contribution in [2.75, 3.05) is 38.2 Å². The number of carbonyl (C=O) groups excluding carboxylic acids is 1. The van der Waals surface area contributed by atoms with Crippen molar-refractivity contribution in [1.29, 1.82) is 0 Å². The van der Waals surface area contributed by atoms with Crippen molar-refractivity contribution < 1.29 is 18.5 Å². The van der Waals surface area contributed by atoms with Gasteiger partial charge in [0, 0.05) is 50.2 Å². The normalized spacial score (nSPS) is 14.3. The van der Waals surface area contributed by atoms with Crippen LogP contribution in [0.4, 0.5) is 5.82 Å². The lowest BCUT2D eigenvalue weighted by Crippen LogP contribution is -2.49. The third kappa shape index (κ3) is 3.70. The van der Waals surface area contributed by atoms with E-state index in [0.717, 1.165) is 22.5 Å². The van der Waals surface area contributed by atoms with Crippen LogP contribution < -0.4 is 9.64 Å². The number of anilines is 1. The third-order valence-electron chi connectivity index (χ3n) is 5.36. The molecule has 4 aromatic rings. The molecule has 0 saturated carbocycles. The van der Waals surface area contributed by atoms with Gasteiger partial charge in [0.1, 0.15) is 17.2 Å². The van der Waals surface area contributed by atoms with Gasteiger partial charge in [0.05, 0.1) is 7.11 Å². The Balaban J connectivity index is 1.24. The van der Waals surface area contributed by atoms with E-state index in [1.807, 2.05) is 35.2 Å². The Morgan fingerprint density at radius 3 is 2.61 bits per heavy atom. The van der Waals surface area contributed by atoms with E-state index in [9.17, 15) is 4.79 Å². The number of rotatable bonds is 4. The summed E-state index contributed by atoms with van der Waals surface area (Å²) in [7, 11) is 1.61. The molecular formula is C22H21N5O4. The smallest absolute Gasteiger partial charge is 0.289 e.